The normalized spacial score (nSPS) is 17.4. The van der Waals surface area contributed by atoms with Crippen molar-refractivity contribution in [2.24, 2.45) is 5.92 Å². The highest BCUT2D eigenvalue weighted by atomic mass is 32.1. The van der Waals surface area contributed by atoms with E-state index in [-0.39, 0.29) is 0 Å². The van der Waals surface area contributed by atoms with Crippen molar-refractivity contribution in [2.75, 3.05) is 32.7 Å². The summed E-state index contributed by atoms with van der Waals surface area (Å²) in [6, 6.07) is 2.26. The van der Waals surface area contributed by atoms with E-state index in [1.54, 1.807) is 0 Å². The molecule has 1 aromatic rings. The van der Waals surface area contributed by atoms with Gasteiger partial charge >= 0.3 is 0 Å². The summed E-state index contributed by atoms with van der Waals surface area (Å²) >= 11 is 1.81. The zero-order valence-corrected chi connectivity index (χ0v) is 12.3. The highest BCUT2D eigenvalue weighted by Crippen LogP contribution is 2.14. The van der Waals surface area contributed by atoms with E-state index in [4.69, 9.17) is 0 Å². The van der Waals surface area contributed by atoms with Crippen LogP contribution in [0.3, 0.4) is 0 Å². The summed E-state index contributed by atoms with van der Waals surface area (Å²) in [7, 11) is 0. The summed E-state index contributed by atoms with van der Waals surface area (Å²) in [5, 5.41) is 7.93. The van der Waals surface area contributed by atoms with Crippen LogP contribution < -0.4 is 5.32 Å². The molecule has 1 aliphatic heterocycles. The van der Waals surface area contributed by atoms with E-state index in [0.717, 1.165) is 5.92 Å². The summed E-state index contributed by atoms with van der Waals surface area (Å²) in [5.41, 5.74) is 1.51. The van der Waals surface area contributed by atoms with Crippen molar-refractivity contribution in [1.29, 1.82) is 0 Å². The molecule has 2 nitrogen and oxygen atoms in total. The first-order valence-electron chi connectivity index (χ1n) is 7.32. The van der Waals surface area contributed by atoms with Crippen molar-refractivity contribution < 1.29 is 0 Å². The van der Waals surface area contributed by atoms with Gasteiger partial charge in [-0.3, -0.25) is 0 Å². The topological polar surface area (TPSA) is 15.3 Å². The minimum absolute atomic E-state index is 0.917. The van der Waals surface area contributed by atoms with Gasteiger partial charge in [0, 0.05) is 13.1 Å². The fourth-order valence-corrected chi connectivity index (χ4v) is 3.47. The van der Waals surface area contributed by atoms with Crippen LogP contribution in [-0.2, 0) is 6.42 Å². The standard InChI is InChI=1S/C15H26N2S/c1-2-9-17(10-5-15-6-11-18-13-15)12-14-3-7-16-8-4-14/h6,11,13-14,16H,2-5,7-10,12H2,1H3. The van der Waals surface area contributed by atoms with E-state index in [0.29, 0.717) is 0 Å². The third kappa shape index (κ3) is 4.71. The molecule has 2 heterocycles. The highest BCUT2D eigenvalue weighted by Gasteiger charge is 2.16. The number of piperidine rings is 1. The Labute approximate surface area is 115 Å². The lowest BCUT2D eigenvalue weighted by Gasteiger charge is -2.29. The quantitative estimate of drug-likeness (QED) is 0.816. The van der Waals surface area contributed by atoms with Crippen LogP contribution in [0.1, 0.15) is 31.7 Å². The van der Waals surface area contributed by atoms with Gasteiger partial charge in [-0.25, -0.2) is 0 Å². The molecule has 1 aromatic heterocycles. The molecule has 0 amide bonds. The van der Waals surface area contributed by atoms with Gasteiger partial charge in [0.05, 0.1) is 0 Å². The fraction of sp³-hybridized carbons (Fsp3) is 0.733. The molecule has 0 unspecified atom stereocenters. The Bertz CT molecular complexity index is 304. The van der Waals surface area contributed by atoms with Gasteiger partial charge in [-0.05, 0) is 73.6 Å². The van der Waals surface area contributed by atoms with Crippen LogP contribution in [0.4, 0.5) is 0 Å². The molecule has 1 fully saturated rings. The molecule has 102 valence electrons. The lowest BCUT2D eigenvalue weighted by Crippen LogP contribution is -2.37. The van der Waals surface area contributed by atoms with Crippen LogP contribution in [0.25, 0.3) is 0 Å². The van der Waals surface area contributed by atoms with Gasteiger partial charge in [0.2, 0.25) is 0 Å². The predicted molar refractivity (Wildman–Crippen MR) is 80.3 cm³/mol. The fourth-order valence-electron chi connectivity index (χ4n) is 2.76. The average molecular weight is 266 g/mol. The third-order valence-electron chi connectivity index (χ3n) is 3.81. The molecule has 1 saturated heterocycles. The first-order valence-corrected chi connectivity index (χ1v) is 8.27. The summed E-state index contributed by atoms with van der Waals surface area (Å²) in [6.07, 6.45) is 5.21. The first kappa shape index (κ1) is 14.0. The van der Waals surface area contributed by atoms with Crippen molar-refractivity contribution in [3.05, 3.63) is 22.4 Å². The maximum atomic E-state index is 3.46. The van der Waals surface area contributed by atoms with E-state index in [2.05, 4.69) is 34.0 Å². The van der Waals surface area contributed by atoms with Crippen molar-refractivity contribution in [3.63, 3.8) is 0 Å². The Morgan fingerprint density at radius 2 is 2.17 bits per heavy atom. The van der Waals surface area contributed by atoms with E-state index >= 15 is 0 Å². The summed E-state index contributed by atoms with van der Waals surface area (Å²) < 4.78 is 0. The summed E-state index contributed by atoms with van der Waals surface area (Å²) in [4.78, 5) is 2.67. The van der Waals surface area contributed by atoms with E-state index in [9.17, 15) is 0 Å². The van der Waals surface area contributed by atoms with Gasteiger partial charge in [0.15, 0.2) is 0 Å². The molecule has 0 aliphatic carbocycles. The second-order valence-corrected chi connectivity index (χ2v) is 6.16. The average Bonchev–Trinajstić information content (AvgIpc) is 2.91. The monoisotopic (exact) mass is 266 g/mol. The molecular formula is C15H26N2S. The zero-order chi connectivity index (χ0) is 12.6. The van der Waals surface area contributed by atoms with Gasteiger partial charge in [0.1, 0.15) is 0 Å². The van der Waals surface area contributed by atoms with Gasteiger partial charge < -0.3 is 10.2 Å². The van der Waals surface area contributed by atoms with Crippen molar-refractivity contribution in [2.45, 2.75) is 32.6 Å². The minimum Gasteiger partial charge on any atom is -0.317 e. The van der Waals surface area contributed by atoms with Crippen molar-refractivity contribution >= 4 is 11.3 Å². The van der Waals surface area contributed by atoms with Crippen LogP contribution in [0, 0.1) is 5.92 Å². The molecule has 2 rings (SSSR count). The van der Waals surface area contributed by atoms with Gasteiger partial charge in [0.25, 0.3) is 0 Å². The molecule has 0 saturated carbocycles. The molecule has 1 aliphatic rings. The number of nitrogens with zero attached hydrogens (tertiary/aromatic N) is 1. The van der Waals surface area contributed by atoms with Crippen LogP contribution in [0.2, 0.25) is 0 Å². The smallest absolute Gasteiger partial charge is 0.00222 e. The zero-order valence-electron chi connectivity index (χ0n) is 11.5. The molecule has 1 N–H and O–H groups in total. The summed E-state index contributed by atoms with van der Waals surface area (Å²) in [5.74, 6) is 0.917. The minimum atomic E-state index is 0.917. The van der Waals surface area contributed by atoms with Gasteiger partial charge in [-0.1, -0.05) is 6.92 Å². The number of hydrogen-bond donors (Lipinski definition) is 1. The first-order chi connectivity index (χ1) is 8.88. The van der Waals surface area contributed by atoms with Crippen LogP contribution in [0.15, 0.2) is 16.8 Å². The van der Waals surface area contributed by atoms with Gasteiger partial charge in [-0.15, -0.1) is 0 Å². The SMILES string of the molecule is CCCN(CCc1ccsc1)CC1CCNCC1. The third-order valence-corrected chi connectivity index (χ3v) is 4.54. The number of nitrogens with one attached hydrogen (secondary N) is 1. The maximum absolute atomic E-state index is 3.46. The largest absolute Gasteiger partial charge is 0.317 e. The number of hydrogen-bond acceptors (Lipinski definition) is 3. The Morgan fingerprint density at radius 3 is 2.83 bits per heavy atom. The van der Waals surface area contributed by atoms with E-state index < -0.39 is 0 Å². The molecule has 0 aromatic carbocycles. The summed E-state index contributed by atoms with van der Waals surface area (Å²) in [6.45, 7) is 8.52. The van der Waals surface area contributed by atoms with E-state index in [1.807, 2.05) is 11.3 Å². The second-order valence-electron chi connectivity index (χ2n) is 5.38. The Hall–Kier alpha value is -0.380. The second kappa shape index (κ2) is 7.93. The molecule has 0 bridgehead atoms. The highest BCUT2D eigenvalue weighted by molar-refractivity contribution is 7.07. The molecule has 3 heteroatoms. The molecule has 18 heavy (non-hydrogen) atoms. The van der Waals surface area contributed by atoms with Crippen molar-refractivity contribution in [3.8, 4) is 0 Å². The Morgan fingerprint density at radius 1 is 1.33 bits per heavy atom. The van der Waals surface area contributed by atoms with Crippen LogP contribution in [0.5, 0.6) is 0 Å². The Kier molecular flexibility index (Phi) is 6.18. The van der Waals surface area contributed by atoms with Crippen LogP contribution in [-0.4, -0.2) is 37.6 Å². The maximum Gasteiger partial charge on any atom is 0.00222 e. The Balaban J connectivity index is 1.75. The molecule has 0 spiro atoms. The number of rotatable bonds is 7. The molecular weight excluding hydrogens is 240 g/mol. The lowest BCUT2D eigenvalue weighted by atomic mass is 9.97. The molecule has 0 atom stereocenters. The number of thiophene rings is 1. The van der Waals surface area contributed by atoms with Gasteiger partial charge in [-0.2, -0.15) is 11.3 Å². The lowest BCUT2D eigenvalue weighted by molar-refractivity contribution is 0.207. The van der Waals surface area contributed by atoms with Crippen molar-refractivity contribution in [1.82, 2.24) is 10.2 Å². The van der Waals surface area contributed by atoms with Crippen LogP contribution >= 0.6 is 11.3 Å². The molecule has 0 radical (unpaired) electrons. The van der Waals surface area contributed by atoms with E-state index in [1.165, 1.54) is 64.0 Å². The predicted octanol–water partition coefficient (Wildman–Crippen LogP) is 3.00.